The highest BCUT2D eigenvalue weighted by atomic mass is 16.6. The zero-order valence-corrected chi connectivity index (χ0v) is 18.1. The van der Waals surface area contributed by atoms with Gasteiger partial charge in [0.25, 0.3) is 0 Å². The van der Waals surface area contributed by atoms with Crippen LogP contribution in [0.2, 0.25) is 0 Å². The number of piperidine rings is 1. The van der Waals surface area contributed by atoms with Crippen molar-refractivity contribution in [2.75, 3.05) is 33.9 Å². The quantitative estimate of drug-likeness (QED) is 0.774. The number of hydrogen-bond donors (Lipinski definition) is 0. The molecule has 1 aromatic carbocycles. The van der Waals surface area contributed by atoms with Gasteiger partial charge in [-0.2, -0.15) is 0 Å². The van der Waals surface area contributed by atoms with E-state index in [4.69, 9.17) is 14.2 Å². The number of rotatable bonds is 3. The minimum absolute atomic E-state index is 0.110. The van der Waals surface area contributed by atoms with Gasteiger partial charge in [-0.05, 0) is 63.3 Å². The fourth-order valence-corrected chi connectivity index (χ4v) is 4.00. The third kappa shape index (κ3) is 4.95. The van der Waals surface area contributed by atoms with Gasteiger partial charge in [0.05, 0.1) is 20.1 Å². The number of benzene rings is 1. The summed E-state index contributed by atoms with van der Waals surface area (Å²) in [4.78, 5) is 29.2. The number of carbonyl (C=O) groups is 2. The topological polar surface area (TPSA) is 68.3 Å². The van der Waals surface area contributed by atoms with E-state index < -0.39 is 5.60 Å². The molecule has 0 unspecified atom stereocenters. The molecule has 29 heavy (non-hydrogen) atoms. The van der Waals surface area contributed by atoms with Crippen LogP contribution in [-0.2, 0) is 22.5 Å². The van der Waals surface area contributed by atoms with E-state index >= 15 is 0 Å². The molecule has 160 valence electrons. The first-order valence-electron chi connectivity index (χ1n) is 10.2. The molecule has 0 aromatic heterocycles. The number of methoxy groups -OCH3 is 2. The number of fused-ring (bicyclic) bond motifs is 1. The molecular formula is C22H32N2O5. The number of ether oxygens (including phenoxy) is 3. The first-order valence-corrected chi connectivity index (χ1v) is 10.2. The second-order valence-electron chi connectivity index (χ2n) is 8.75. The molecule has 1 atom stereocenters. The molecule has 0 spiro atoms. The average molecular weight is 405 g/mol. The molecule has 0 radical (unpaired) electrons. The maximum Gasteiger partial charge on any atom is 0.410 e. The van der Waals surface area contributed by atoms with Crippen LogP contribution >= 0.6 is 0 Å². The van der Waals surface area contributed by atoms with Crippen molar-refractivity contribution in [2.24, 2.45) is 5.92 Å². The molecule has 0 aliphatic carbocycles. The third-order valence-corrected chi connectivity index (χ3v) is 5.45. The molecule has 1 saturated heterocycles. The maximum absolute atomic E-state index is 13.2. The van der Waals surface area contributed by atoms with Gasteiger partial charge < -0.3 is 24.0 Å². The molecule has 2 amide bonds. The number of carbonyl (C=O) groups excluding carboxylic acids is 2. The predicted octanol–water partition coefficient (Wildman–Crippen LogP) is 3.24. The van der Waals surface area contributed by atoms with E-state index in [-0.39, 0.29) is 17.9 Å². The Bertz CT molecular complexity index is 771. The highest BCUT2D eigenvalue weighted by Gasteiger charge is 2.34. The van der Waals surface area contributed by atoms with E-state index in [1.807, 2.05) is 37.8 Å². The molecule has 0 bridgehead atoms. The predicted molar refractivity (Wildman–Crippen MR) is 109 cm³/mol. The summed E-state index contributed by atoms with van der Waals surface area (Å²) in [6, 6.07) is 3.96. The number of nitrogens with zero attached hydrogens (tertiary/aromatic N) is 2. The van der Waals surface area contributed by atoms with Gasteiger partial charge in [0, 0.05) is 26.2 Å². The molecule has 0 saturated carbocycles. The van der Waals surface area contributed by atoms with E-state index in [9.17, 15) is 9.59 Å². The Balaban J connectivity index is 1.67. The van der Waals surface area contributed by atoms with Crippen LogP contribution in [0, 0.1) is 5.92 Å². The highest BCUT2D eigenvalue weighted by Crippen LogP contribution is 2.34. The highest BCUT2D eigenvalue weighted by molar-refractivity contribution is 5.80. The number of amides is 2. The van der Waals surface area contributed by atoms with Gasteiger partial charge in [-0.15, -0.1) is 0 Å². The molecule has 3 rings (SSSR count). The molecule has 7 nitrogen and oxygen atoms in total. The van der Waals surface area contributed by atoms with Crippen molar-refractivity contribution >= 4 is 12.0 Å². The van der Waals surface area contributed by atoms with Crippen LogP contribution in [0.25, 0.3) is 0 Å². The summed E-state index contributed by atoms with van der Waals surface area (Å²) in [6.45, 7) is 7.84. The summed E-state index contributed by atoms with van der Waals surface area (Å²) in [5.41, 5.74) is 1.73. The number of hydrogen-bond acceptors (Lipinski definition) is 5. The van der Waals surface area contributed by atoms with Crippen molar-refractivity contribution in [3.8, 4) is 11.5 Å². The molecule has 2 aliphatic heterocycles. The molecule has 0 N–H and O–H groups in total. The van der Waals surface area contributed by atoms with Crippen LogP contribution in [0.3, 0.4) is 0 Å². The fraction of sp³-hybridized carbons (Fsp3) is 0.636. The summed E-state index contributed by atoms with van der Waals surface area (Å²) in [6.07, 6.45) is 2.05. The normalized spacial score (nSPS) is 19.4. The summed E-state index contributed by atoms with van der Waals surface area (Å²) < 4.78 is 16.3. The first kappa shape index (κ1) is 21.3. The molecular weight excluding hydrogens is 372 g/mol. The lowest BCUT2D eigenvalue weighted by Gasteiger charge is -2.37. The monoisotopic (exact) mass is 404 g/mol. The van der Waals surface area contributed by atoms with Crippen molar-refractivity contribution < 1.29 is 23.8 Å². The minimum Gasteiger partial charge on any atom is -0.493 e. The van der Waals surface area contributed by atoms with Crippen molar-refractivity contribution in [3.63, 3.8) is 0 Å². The van der Waals surface area contributed by atoms with Gasteiger partial charge in [-0.1, -0.05) is 0 Å². The van der Waals surface area contributed by atoms with E-state index in [1.54, 1.807) is 19.1 Å². The zero-order chi connectivity index (χ0) is 21.2. The average Bonchev–Trinajstić information content (AvgIpc) is 2.70. The van der Waals surface area contributed by atoms with Crippen molar-refractivity contribution in [1.82, 2.24) is 9.80 Å². The Labute approximate surface area is 172 Å². The van der Waals surface area contributed by atoms with Gasteiger partial charge in [0.2, 0.25) is 5.91 Å². The van der Waals surface area contributed by atoms with Gasteiger partial charge in [-0.25, -0.2) is 4.79 Å². The summed E-state index contributed by atoms with van der Waals surface area (Å²) in [7, 11) is 3.24. The van der Waals surface area contributed by atoms with E-state index in [2.05, 4.69) is 0 Å². The third-order valence-electron chi connectivity index (χ3n) is 5.45. The molecule has 7 heteroatoms. The zero-order valence-electron chi connectivity index (χ0n) is 18.1. The summed E-state index contributed by atoms with van der Waals surface area (Å²) in [5.74, 6) is 1.32. The van der Waals surface area contributed by atoms with Crippen LogP contribution in [0.1, 0.15) is 44.7 Å². The Morgan fingerprint density at radius 1 is 1.00 bits per heavy atom. The Kier molecular flexibility index (Phi) is 6.24. The first-order chi connectivity index (χ1) is 13.7. The number of likely N-dealkylation sites (tertiary alicyclic amines) is 1. The second kappa shape index (κ2) is 8.51. The maximum atomic E-state index is 13.2. The van der Waals surface area contributed by atoms with Gasteiger partial charge in [0.1, 0.15) is 5.60 Å². The smallest absolute Gasteiger partial charge is 0.410 e. The van der Waals surface area contributed by atoms with Crippen LogP contribution in [-0.4, -0.2) is 61.3 Å². The van der Waals surface area contributed by atoms with Crippen LogP contribution in [0.15, 0.2) is 12.1 Å². The van der Waals surface area contributed by atoms with E-state index in [0.29, 0.717) is 37.7 Å². The summed E-state index contributed by atoms with van der Waals surface area (Å²) in [5, 5.41) is 0. The standard InChI is InChI=1S/C22H32N2O5/c1-22(2,3)29-21(26)24-9-6-7-16(13-24)20(25)23-10-8-15-11-18(27-4)19(28-5)12-17(15)14-23/h11-12,16H,6-10,13-14H2,1-5H3/t16-/m0/s1. The van der Waals surface area contributed by atoms with Crippen LogP contribution in [0.5, 0.6) is 11.5 Å². The van der Waals surface area contributed by atoms with Gasteiger partial charge >= 0.3 is 6.09 Å². The van der Waals surface area contributed by atoms with Crippen molar-refractivity contribution in [2.45, 2.75) is 52.2 Å². The van der Waals surface area contributed by atoms with Crippen LogP contribution in [0.4, 0.5) is 4.79 Å². The molecule has 1 fully saturated rings. The molecule has 1 aromatic rings. The lowest BCUT2D eigenvalue weighted by atomic mass is 9.93. The van der Waals surface area contributed by atoms with E-state index in [0.717, 1.165) is 24.8 Å². The second-order valence-corrected chi connectivity index (χ2v) is 8.75. The molecule has 2 aliphatic rings. The summed E-state index contributed by atoms with van der Waals surface area (Å²) >= 11 is 0. The largest absolute Gasteiger partial charge is 0.493 e. The van der Waals surface area contributed by atoms with Gasteiger partial charge in [-0.3, -0.25) is 4.79 Å². The van der Waals surface area contributed by atoms with Crippen LogP contribution < -0.4 is 9.47 Å². The lowest BCUT2D eigenvalue weighted by Crippen LogP contribution is -2.48. The lowest BCUT2D eigenvalue weighted by molar-refractivity contribution is -0.138. The Morgan fingerprint density at radius 2 is 1.66 bits per heavy atom. The molecule has 2 heterocycles. The fourth-order valence-electron chi connectivity index (χ4n) is 4.00. The minimum atomic E-state index is -0.537. The van der Waals surface area contributed by atoms with Crippen molar-refractivity contribution in [3.05, 3.63) is 23.3 Å². The van der Waals surface area contributed by atoms with Gasteiger partial charge in [0.15, 0.2) is 11.5 Å². The van der Waals surface area contributed by atoms with E-state index in [1.165, 1.54) is 5.56 Å². The Morgan fingerprint density at radius 3 is 2.28 bits per heavy atom. The SMILES string of the molecule is COc1cc2c(cc1OC)CN(C(=O)[C@H]1CCCN(C(=O)OC(C)(C)C)C1)CC2. The van der Waals surface area contributed by atoms with Crippen molar-refractivity contribution in [1.29, 1.82) is 0 Å². The Hall–Kier alpha value is -2.44.